The van der Waals surface area contributed by atoms with Crippen molar-refractivity contribution >= 4 is 5.91 Å². The van der Waals surface area contributed by atoms with E-state index in [1.807, 2.05) is 0 Å². The zero-order valence-corrected chi connectivity index (χ0v) is 9.88. The lowest BCUT2D eigenvalue weighted by atomic mass is 10.1. The molecule has 7 heteroatoms. The van der Waals surface area contributed by atoms with Gasteiger partial charge in [-0.3, -0.25) is 10.1 Å². The van der Waals surface area contributed by atoms with Crippen LogP contribution in [0.15, 0.2) is 0 Å². The maximum Gasteiger partial charge on any atom is 0.324 e. The van der Waals surface area contributed by atoms with Crippen LogP contribution in [0.4, 0.5) is 17.6 Å². The second-order valence-corrected chi connectivity index (χ2v) is 4.61. The van der Waals surface area contributed by atoms with Crippen LogP contribution < -0.4 is 5.32 Å². The molecule has 0 aromatic carbocycles. The first-order chi connectivity index (χ1) is 7.66. The smallest absolute Gasteiger partial charge is 0.319 e. The summed E-state index contributed by atoms with van der Waals surface area (Å²) >= 11 is 0. The largest absolute Gasteiger partial charge is 0.324 e. The highest BCUT2D eigenvalue weighted by molar-refractivity contribution is 5.84. The number of nitrogens with one attached hydrogen (secondary N) is 1. The van der Waals surface area contributed by atoms with E-state index in [1.54, 1.807) is 13.8 Å². The van der Waals surface area contributed by atoms with Gasteiger partial charge in [-0.15, -0.1) is 0 Å². The molecule has 1 aliphatic heterocycles. The summed E-state index contributed by atoms with van der Waals surface area (Å²) in [5.74, 6) is -4.87. The maximum atomic E-state index is 13.0. The minimum atomic E-state index is -4.17. The van der Waals surface area contributed by atoms with Crippen LogP contribution >= 0.6 is 0 Å². The molecule has 0 bridgehead atoms. The fraction of sp³-hybridized carbons (Fsp3) is 0.900. The number of hydrogen-bond acceptors (Lipinski definition) is 2. The molecule has 0 aromatic heterocycles. The predicted octanol–water partition coefficient (Wildman–Crippen LogP) is 1.69. The maximum absolute atomic E-state index is 13.0. The van der Waals surface area contributed by atoms with E-state index in [0.717, 1.165) is 4.90 Å². The molecule has 0 spiro atoms. The Bertz CT molecular complexity index is 296. The van der Waals surface area contributed by atoms with E-state index >= 15 is 0 Å². The van der Waals surface area contributed by atoms with Gasteiger partial charge in [0, 0.05) is 0 Å². The van der Waals surface area contributed by atoms with Gasteiger partial charge in [-0.25, -0.2) is 8.78 Å². The molecular formula is C10H16F4N2O. The van der Waals surface area contributed by atoms with Crippen molar-refractivity contribution in [2.75, 3.05) is 6.54 Å². The van der Waals surface area contributed by atoms with Gasteiger partial charge in [-0.05, 0) is 12.8 Å². The second kappa shape index (κ2) is 4.80. The van der Waals surface area contributed by atoms with Gasteiger partial charge in [-0.2, -0.15) is 8.78 Å². The first kappa shape index (κ1) is 14.2. The van der Waals surface area contributed by atoms with Gasteiger partial charge in [0.2, 0.25) is 5.91 Å². The first-order valence-corrected chi connectivity index (χ1v) is 5.39. The second-order valence-electron chi connectivity index (χ2n) is 4.61. The van der Waals surface area contributed by atoms with Gasteiger partial charge in [0.05, 0.1) is 18.8 Å². The minimum Gasteiger partial charge on any atom is -0.319 e. The zero-order valence-electron chi connectivity index (χ0n) is 9.88. The first-order valence-electron chi connectivity index (χ1n) is 5.39. The normalized spacial score (nSPS) is 26.4. The quantitative estimate of drug-likeness (QED) is 0.776. The van der Waals surface area contributed by atoms with E-state index in [1.165, 1.54) is 6.92 Å². The fourth-order valence-corrected chi connectivity index (χ4v) is 1.83. The molecule has 0 saturated carbocycles. The number of alkyl halides is 4. The lowest BCUT2D eigenvalue weighted by Crippen LogP contribution is -2.49. The summed E-state index contributed by atoms with van der Waals surface area (Å²) in [6.07, 6.45) is -4.39. The van der Waals surface area contributed by atoms with Gasteiger partial charge in [-0.1, -0.05) is 13.8 Å². The van der Waals surface area contributed by atoms with E-state index in [0.29, 0.717) is 0 Å². The lowest BCUT2D eigenvalue weighted by Gasteiger charge is -2.30. The van der Waals surface area contributed by atoms with Crippen molar-refractivity contribution in [1.29, 1.82) is 0 Å². The predicted molar refractivity (Wildman–Crippen MR) is 53.9 cm³/mol. The molecule has 1 aliphatic rings. The molecule has 1 rings (SSSR count). The molecule has 1 amide bonds. The number of rotatable bonds is 4. The van der Waals surface area contributed by atoms with Gasteiger partial charge in [0.25, 0.3) is 0 Å². The SMILES string of the molecule is CC1NC(C(C)C)N(CC(F)(F)C(F)F)C1=O. The molecule has 0 aromatic rings. The standard InChI is InChI=1S/C10H16F4N2O/c1-5(2)7-15-6(3)8(17)16(7)4-10(13,14)9(11)12/h5-7,9,15H,4H2,1-3H3. The van der Waals surface area contributed by atoms with Crippen LogP contribution in [0.2, 0.25) is 0 Å². The Labute approximate surface area is 97.2 Å². The van der Waals surface area contributed by atoms with Crippen molar-refractivity contribution in [1.82, 2.24) is 10.2 Å². The van der Waals surface area contributed by atoms with Crippen LogP contribution in [0.25, 0.3) is 0 Å². The Morgan fingerprint density at radius 2 is 1.94 bits per heavy atom. The van der Waals surface area contributed by atoms with E-state index in [4.69, 9.17) is 0 Å². The summed E-state index contributed by atoms with van der Waals surface area (Å²) in [5, 5.41) is 2.81. The molecule has 0 radical (unpaired) electrons. The highest BCUT2D eigenvalue weighted by Crippen LogP contribution is 2.28. The molecule has 1 N–H and O–H groups in total. The number of halogens is 4. The van der Waals surface area contributed by atoms with E-state index in [9.17, 15) is 22.4 Å². The van der Waals surface area contributed by atoms with Gasteiger partial charge in [0.1, 0.15) is 0 Å². The number of carbonyl (C=O) groups excluding carboxylic acids is 1. The van der Waals surface area contributed by atoms with Crippen molar-refractivity contribution in [3.63, 3.8) is 0 Å². The minimum absolute atomic E-state index is 0.127. The summed E-state index contributed by atoms with van der Waals surface area (Å²) in [4.78, 5) is 12.4. The number of hydrogen-bond donors (Lipinski definition) is 1. The van der Waals surface area contributed by atoms with Crippen LogP contribution in [-0.4, -0.2) is 41.9 Å². The van der Waals surface area contributed by atoms with Crippen LogP contribution in [0.5, 0.6) is 0 Å². The Kier molecular flexibility index (Phi) is 4.01. The number of amides is 1. The monoisotopic (exact) mass is 256 g/mol. The van der Waals surface area contributed by atoms with Crippen molar-refractivity contribution < 1.29 is 22.4 Å². The molecule has 3 nitrogen and oxygen atoms in total. The van der Waals surface area contributed by atoms with Crippen LogP contribution in [0.3, 0.4) is 0 Å². The third-order valence-electron chi connectivity index (χ3n) is 2.74. The van der Waals surface area contributed by atoms with Crippen LogP contribution in [0, 0.1) is 5.92 Å². The summed E-state index contributed by atoms with van der Waals surface area (Å²) in [5.41, 5.74) is 0. The van der Waals surface area contributed by atoms with Crippen LogP contribution in [0.1, 0.15) is 20.8 Å². The van der Waals surface area contributed by atoms with Gasteiger partial charge < -0.3 is 4.90 Å². The molecule has 2 atom stereocenters. The van der Waals surface area contributed by atoms with E-state index < -0.39 is 37.0 Å². The van der Waals surface area contributed by atoms with Crippen molar-refractivity contribution in [3.05, 3.63) is 0 Å². The molecular weight excluding hydrogens is 240 g/mol. The van der Waals surface area contributed by atoms with E-state index in [2.05, 4.69) is 5.32 Å². The van der Waals surface area contributed by atoms with Crippen molar-refractivity contribution in [2.24, 2.45) is 5.92 Å². The highest BCUT2D eigenvalue weighted by atomic mass is 19.3. The average molecular weight is 256 g/mol. The molecule has 1 heterocycles. The van der Waals surface area contributed by atoms with Crippen molar-refractivity contribution in [2.45, 2.75) is 45.3 Å². The molecule has 100 valence electrons. The third-order valence-corrected chi connectivity index (χ3v) is 2.74. The third kappa shape index (κ3) is 2.88. The number of carbonyl (C=O) groups is 1. The molecule has 17 heavy (non-hydrogen) atoms. The summed E-state index contributed by atoms with van der Waals surface area (Å²) in [7, 11) is 0. The molecule has 0 aliphatic carbocycles. The highest BCUT2D eigenvalue weighted by Gasteiger charge is 2.48. The molecule has 2 unspecified atom stereocenters. The van der Waals surface area contributed by atoms with Crippen LogP contribution in [-0.2, 0) is 4.79 Å². The molecule has 1 fully saturated rings. The van der Waals surface area contributed by atoms with Crippen molar-refractivity contribution in [3.8, 4) is 0 Å². The Hall–Kier alpha value is -0.850. The Balaban J connectivity index is 2.83. The Morgan fingerprint density at radius 3 is 2.35 bits per heavy atom. The van der Waals surface area contributed by atoms with Gasteiger partial charge >= 0.3 is 12.3 Å². The summed E-state index contributed by atoms with van der Waals surface area (Å²) in [6, 6.07) is -0.615. The summed E-state index contributed by atoms with van der Waals surface area (Å²) in [6.45, 7) is 3.74. The number of nitrogens with zero attached hydrogens (tertiary/aromatic N) is 1. The Morgan fingerprint density at radius 1 is 1.41 bits per heavy atom. The van der Waals surface area contributed by atoms with Gasteiger partial charge in [0.15, 0.2) is 0 Å². The van der Waals surface area contributed by atoms with E-state index in [-0.39, 0.29) is 5.92 Å². The molecule has 1 saturated heterocycles. The average Bonchev–Trinajstić information content (AvgIpc) is 2.45. The topological polar surface area (TPSA) is 32.3 Å². The zero-order chi connectivity index (χ0) is 13.4. The summed E-state index contributed by atoms with van der Waals surface area (Å²) < 4.78 is 50.1. The fourth-order valence-electron chi connectivity index (χ4n) is 1.83. The lowest BCUT2D eigenvalue weighted by molar-refractivity contribution is -0.158.